The predicted molar refractivity (Wildman–Crippen MR) is 65.3 cm³/mol. The molecule has 3 N–H and O–H groups in total. The fourth-order valence-corrected chi connectivity index (χ4v) is 1.27. The molecule has 0 aliphatic rings. The van der Waals surface area contributed by atoms with E-state index in [9.17, 15) is 14.7 Å². The molecule has 98 valence electrons. The smallest absolute Gasteiger partial charge is 0.347 e. The number of nitrogens with two attached hydrogens (primary N) is 1. The van der Waals surface area contributed by atoms with Crippen molar-refractivity contribution in [2.45, 2.75) is 26.0 Å². The molecule has 1 rings (SSSR count). The van der Waals surface area contributed by atoms with E-state index in [0.717, 1.165) is 0 Å². The highest BCUT2D eigenvalue weighted by atomic mass is 16.6. The number of hydrogen-bond acceptors (Lipinski definition) is 5. The number of aliphatic hydroxyl groups excluding tert-OH is 1. The SMILES string of the molecule is CC(C)[C@H](N)C(=O)OC(=O)[C@H](O)c1ccccc1. The molecule has 0 bridgehead atoms. The Bertz CT molecular complexity index is 416. The summed E-state index contributed by atoms with van der Waals surface area (Å²) in [4.78, 5) is 23.0. The Morgan fingerprint density at radius 3 is 2.22 bits per heavy atom. The largest absolute Gasteiger partial charge is 0.390 e. The molecule has 0 aliphatic heterocycles. The number of esters is 2. The second kappa shape index (κ2) is 6.28. The quantitative estimate of drug-likeness (QED) is 0.609. The van der Waals surface area contributed by atoms with E-state index in [1.807, 2.05) is 0 Å². The van der Waals surface area contributed by atoms with Gasteiger partial charge in [-0.3, -0.25) is 0 Å². The first-order valence-electron chi connectivity index (χ1n) is 5.67. The molecule has 0 spiro atoms. The first-order chi connectivity index (χ1) is 8.43. The molecule has 5 heteroatoms. The van der Waals surface area contributed by atoms with Crippen LogP contribution < -0.4 is 5.73 Å². The highest BCUT2D eigenvalue weighted by molar-refractivity contribution is 5.90. The predicted octanol–water partition coefficient (Wildman–Crippen LogP) is 0.773. The lowest BCUT2D eigenvalue weighted by Crippen LogP contribution is -2.38. The van der Waals surface area contributed by atoms with E-state index >= 15 is 0 Å². The molecule has 0 aliphatic carbocycles. The molecule has 18 heavy (non-hydrogen) atoms. The van der Waals surface area contributed by atoms with Gasteiger partial charge in [-0.25, -0.2) is 9.59 Å². The van der Waals surface area contributed by atoms with E-state index in [4.69, 9.17) is 5.73 Å². The zero-order chi connectivity index (χ0) is 13.7. The minimum absolute atomic E-state index is 0.140. The first kappa shape index (κ1) is 14.3. The summed E-state index contributed by atoms with van der Waals surface area (Å²) in [5, 5.41) is 9.69. The van der Waals surface area contributed by atoms with Gasteiger partial charge in [0.2, 0.25) is 0 Å². The molecular weight excluding hydrogens is 234 g/mol. The fraction of sp³-hybridized carbons (Fsp3) is 0.385. The summed E-state index contributed by atoms with van der Waals surface area (Å²) in [5.41, 5.74) is 5.91. The van der Waals surface area contributed by atoms with Crippen LogP contribution in [0.15, 0.2) is 30.3 Å². The van der Waals surface area contributed by atoms with Gasteiger partial charge < -0.3 is 15.6 Å². The van der Waals surface area contributed by atoms with Crippen LogP contribution in [-0.2, 0) is 14.3 Å². The van der Waals surface area contributed by atoms with Crippen molar-refractivity contribution in [2.75, 3.05) is 0 Å². The number of hydrogen-bond donors (Lipinski definition) is 2. The van der Waals surface area contributed by atoms with Gasteiger partial charge in [0, 0.05) is 0 Å². The lowest BCUT2D eigenvalue weighted by atomic mass is 10.1. The van der Waals surface area contributed by atoms with Crippen LogP contribution in [-0.4, -0.2) is 23.1 Å². The van der Waals surface area contributed by atoms with Crippen LogP contribution in [0, 0.1) is 5.92 Å². The molecule has 1 aromatic rings. The summed E-state index contributed by atoms with van der Waals surface area (Å²) in [7, 11) is 0. The molecule has 0 unspecified atom stereocenters. The molecule has 1 aromatic carbocycles. The summed E-state index contributed by atoms with van der Waals surface area (Å²) in [6.45, 7) is 3.48. The van der Waals surface area contributed by atoms with Crippen LogP contribution in [0.2, 0.25) is 0 Å². The molecule has 5 nitrogen and oxygen atoms in total. The van der Waals surface area contributed by atoms with Crippen molar-refractivity contribution in [3.05, 3.63) is 35.9 Å². The first-order valence-corrected chi connectivity index (χ1v) is 5.67. The monoisotopic (exact) mass is 251 g/mol. The highest BCUT2D eigenvalue weighted by Crippen LogP contribution is 2.14. The van der Waals surface area contributed by atoms with Gasteiger partial charge in [0.15, 0.2) is 6.10 Å². The Kier molecular flexibility index (Phi) is 5.00. The third-order valence-corrected chi connectivity index (χ3v) is 2.53. The van der Waals surface area contributed by atoms with Gasteiger partial charge in [-0.2, -0.15) is 0 Å². The van der Waals surface area contributed by atoms with E-state index in [0.29, 0.717) is 5.56 Å². The van der Waals surface area contributed by atoms with Crippen molar-refractivity contribution in [2.24, 2.45) is 11.7 Å². The maximum atomic E-state index is 11.5. The molecule has 2 atom stereocenters. The van der Waals surface area contributed by atoms with Crippen molar-refractivity contribution in [3.8, 4) is 0 Å². The summed E-state index contributed by atoms with van der Waals surface area (Å²) in [5.74, 6) is -1.98. The Hall–Kier alpha value is -1.72. The van der Waals surface area contributed by atoms with Crippen molar-refractivity contribution < 1.29 is 19.4 Å². The molecule has 0 radical (unpaired) electrons. The number of rotatable bonds is 4. The van der Waals surface area contributed by atoms with Gasteiger partial charge in [-0.1, -0.05) is 44.2 Å². The lowest BCUT2D eigenvalue weighted by molar-refractivity contribution is -0.167. The zero-order valence-corrected chi connectivity index (χ0v) is 10.4. The van der Waals surface area contributed by atoms with E-state index in [2.05, 4.69) is 4.74 Å². The third kappa shape index (κ3) is 3.65. The second-order valence-electron chi connectivity index (χ2n) is 4.32. The standard InChI is InChI=1S/C13H17NO4/c1-8(2)10(14)12(16)18-13(17)11(15)9-6-4-3-5-7-9/h3-8,10-11,15H,14H2,1-2H3/t10-,11+/m0/s1. The fourth-order valence-electron chi connectivity index (χ4n) is 1.27. The Balaban J connectivity index is 2.64. The Labute approximate surface area is 106 Å². The van der Waals surface area contributed by atoms with Crippen LogP contribution in [0.3, 0.4) is 0 Å². The Morgan fingerprint density at radius 2 is 1.72 bits per heavy atom. The zero-order valence-electron chi connectivity index (χ0n) is 10.4. The van der Waals surface area contributed by atoms with Gasteiger partial charge in [0.25, 0.3) is 0 Å². The van der Waals surface area contributed by atoms with Gasteiger partial charge >= 0.3 is 11.9 Å². The minimum Gasteiger partial charge on any atom is -0.390 e. The minimum atomic E-state index is -1.48. The molecule has 0 heterocycles. The van der Waals surface area contributed by atoms with Gasteiger partial charge in [0.05, 0.1) is 0 Å². The van der Waals surface area contributed by atoms with Crippen molar-refractivity contribution in [1.29, 1.82) is 0 Å². The molecule has 0 fully saturated rings. The van der Waals surface area contributed by atoms with Crippen molar-refractivity contribution in [3.63, 3.8) is 0 Å². The van der Waals surface area contributed by atoms with E-state index < -0.39 is 24.1 Å². The molecular formula is C13H17NO4. The molecule has 0 saturated carbocycles. The average molecular weight is 251 g/mol. The maximum absolute atomic E-state index is 11.5. The van der Waals surface area contributed by atoms with E-state index in [-0.39, 0.29) is 5.92 Å². The topological polar surface area (TPSA) is 89.6 Å². The molecule has 0 aromatic heterocycles. The third-order valence-electron chi connectivity index (χ3n) is 2.53. The number of carbonyl (C=O) groups is 2. The maximum Gasteiger partial charge on any atom is 0.347 e. The van der Waals surface area contributed by atoms with Gasteiger partial charge in [0.1, 0.15) is 6.04 Å². The lowest BCUT2D eigenvalue weighted by Gasteiger charge is -2.15. The van der Waals surface area contributed by atoms with Crippen LogP contribution in [0.4, 0.5) is 0 Å². The number of carbonyl (C=O) groups excluding carboxylic acids is 2. The molecule has 0 saturated heterocycles. The van der Waals surface area contributed by atoms with Crippen molar-refractivity contribution in [1.82, 2.24) is 0 Å². The summed E-state index contributed by atoms with van der Waals surface area (Å²) in [6, 6.07) is 7.36. The van der Waals surface area contributed by atoms with Gasteiger partial charge in [-0.15, -0.1) is 0 Å². The summed E-state index contributed by atoms with van der Waals surface area (Å²) in [6.07, 6.45) is -1.48. The van der Waals surface area contributed by atoms with Crippen LogP contribution in [0.5, 0.6) is 0 Å². The van der Waals surface area contributed by atoms with Crippen LogP contribution in [0.25, 0.3) is 0 Å². The van der Waals surface area contributed by atoms with Crippen molar-refractivity contribution >= 4 is 11.9 Å². The normalized spacial score (nSPS) is 14.1. The Morgan fingerprint density at radius 1 is 1.17 bits per heavy atom. The number of benzene rings is 1. The van der Waals surface area contributed by atoms with Gasteiger partial charge in [-0.05, 0) is 11.5 Å². The van der Waals surface area contributed by atoms with E-state index in [1.54, 1.807) is 44.2 Å². The van der Waals surface area contributed by atoms with Crippen LogP contribution >= 0.6 is 0 Å². The number of ether oxygens (including phenoxy) is 1. The number of aliphatic hydroxyl groups is 1. The van der Waals surface area contributed by atoms with E-state index in [1.165, 1.54) is 0 Å². The average Bonchev–Trinajstić information content (AvgIpc) is 2.37. The molecule has 0 amide bonds. The highest BCUT2D eigenvalue weighted by Gasteiger charge is 2.26. The second-order valence-corrected chi connectivity index (χ2v) is 4.32. The summed E-state index contributed by atoms with van der Waals surface area (Å²) >= 11 is 0. The van der Waals surface area contributed by atoms with Crippen LogP contribution in [0.1, 0.15) is 25.5 Å². The summed E-state index contributed by atoms with van der Waals surface area (Å²) < 4.78 is 4.54.